The van der Waals surface area contributed by atoms with Crippen molar-refractivity contribution in [3.63, 3.8) is 0 Å². The molecule has 2 atom stereocenters. The number of carboxylic acid groups (broad SMARTS) is 2. The fraction of sp³-hybridized carbons (Fsp3) is 0.204. The summed E-state index contributed by atoms with van der Waals surface area (Å²) in [5.74, 6) is -4.78. The monoisotopic (exact) mass is 1280 g/mol. The number of aliphatic hydroxyl groups is 2. The van der Waals surface area contributed by atoms with Gasteiger partial charge in [0.1, 0.15) is 26.0 Å². The molecule has 440 valence electrons. The third kappa shape index (κ3) is 14.9. The van der Waals surface area contributed by atoms with E-state index in [0.717, 1.165) is 34.0 Å². The number of carbonyl (C=O) groups excluding carboxylic acids is 6. The number of carbonyl (C=O) groups is 8. The molecule has 2 saturated heterocycles. The number of ether oxygens (including phenoxy) is 2. The van der Waals surface area contributed by atoms with Gasteiger partial charge in [-0.15, -0.1) is 80.4 Å². The number of nitrogens with one attached hydrogen (secondary N) is 5. The second-order valence-corrected chi connectivity index (χ2v) is 22.7. The zero-order valence-electron chi connectivity index (χ0n) is 43.4. The third-order valence-corrected chi connectivity index (χ3v) is 16.9. The Kier molecular flexibility index (Phi) is 20.6. The number of hydrogen-bond acceptors (Lipinski definition) is 28. The first-order chi connectivity index (χ1) is 39.7. The van der Waals surface area contributed by atoms with Crippen molar-refractivity contribution >= 4 is 183 Å². The van der Waals surface area contributed by atoms with Crippen LogP contribution in [0.4, 0.5) is 55.5 Å². The van der Waals surface area contributed by atoms with E-state index in [9.17, 15) is 53.7 Å². The van der Waals surface area contributed by atoms with Crippen LogP contribution in [0.15, 0.2) is 87.1 Å². The second-order valence-electron chi connectivity index (χ2n) is 17.4. The van der Waals surface area contributed by atoms with Crippen molar-refractivity contribution in [1.29, 1.82) is 0 Å². The van der Waals surface area contributed by atoms with E-state index in [1.807, 2.05) is 0 Å². The number of hydrogen-bond donors (Lipinski definition) is 11. The van der Waals surface area contributed by atoms with E-state index in [1.54, 1.807) is 91.6 Å². The van der Waals surface area contributed by atoms with E-state index in [0.29, 0.717) is 78.3 Å². The Hall–Kier alpha value is -8.74. The number of aromatic carboxylic acids is 2. The summed E-state index contributed by atoms with van der Waals surface area (Å²) in [7, 11) is 2.61. The number of esters is 2. The number of aromatic nitrogens is 5. The quantitative estimate of drug-likeness (QED) is 0.0415. The van der Waals surface area contributed by atoms with Gasteiger partial charge in [0.15, 0.2) is 43.9 Å². The molecule has 0 spiro atoms. The predicted molar refractivity (Wildman–Crippen MR) is 319 cm³/mol. The maximum atomic E-state index is 12.8. The zero-order valence-corrected chi connectivity index (χ0v) is 49.1. The molecule has 13 N–H and O–H groups in total. The summed E-state index contributed by atoms with van der Waals surface area (Å²) >= 11 is 7.07. The van der Waals surface area contributed by atoms with Crippen molar-refractivity contribution in [2.45, 2.75) is 24.0 Å². The minimum Gasteiger partial charge on any atom is -0.477 e. The smallest absolute Gasteiger partial charge is 0.355 e. The maximum Gasteiger partial charge on any atom is 0.355 e. The number of thiophene rings is 3. The van der Waals surface area contributed by atoms with Gasteiger partial charge in [0.25, 0.3) is 23.6 Å². The van der Waals surface area contributed by atoms with Crippen LogP contribution >= 0.6 is 80.4 Å². The van der Waals surface area contributed by atoms with E-state index < -0.39 is 58.7 Å². The standard InChI is InChI=1S/C20H20N6O5S2.C19H18N6O5S2.C10H8N2O4S2.ClH/c1-31-17(28)14-11(4-8-32-14)24-19-25-13(9-33-19)16(27)23-12-3-2-6-22-15(12)26-7-5-20(30,10-26)18(21)29;20-17(29)19(30)4-6-25(9-19)14-11(2-1-5-21-14)22-15(26)12-8-32-18(24-12)23-10-3-7-31-13(10)16(27)28;1-16-9(15)7-5(2-3-17-7)11-10-12-6(4-18-10)8(13)14;/h2-4,6,8-9,30H,5,7,10H2,1H3,(H2,21,29)(H,23,27)(H,24,25);1-3,5,7-8,30H,4,6,9H2,(H2,20,29)(H,22,26)(H,23,24)(H,27,28);2-4H,1H3,(H,11,12)(H,13,14);1H. The van der Waals surface area contributed by atoms with Crippen LogP contribution in [0.25, 0.3) is 0 Å². The summed E-state index contributed by atoms with van der Waals surface area (Å²) in [6, 6.07) is 11.7. The molecule has 0 bridgehead atoms. The van der Waals surface area contributed by atoms with Crippen molar-refractivity contribution in [3.8, 4) is 0 Å². The summed E-state index contributed by atoms with van der Waals surface area (Å²) in [5, 5.41) is 63.9. The third-order valence-electron chi connectivity index (χ3n) is 11.9. The number of halogens is 1. The van der Waals surface area contributed by atoms with Crippen LogP contribution in [0.3, 0.4) is 0 Å². The van der Waals surface area contributed by atoms with Gasteiger partial charge in [-0.1, -0.05) is 0 Å². The van der Waals surface area contributed by atoms with Crippen LogP contribution in [0.1, 0.15) is 73.3 Å². The summed E-state index contributed by atoms with van der Waals surface area (Å²) in [5.41, 5.74) is 9.87. The van der Waals surface area contributed by atoms with Crippen LogP contribution < -0.4 is 47.9 Å². The summed E-state index contributed by atoms with van der Waals surface area (Å²) in [6.45, 7) is 0.652. The largest absolute Gasteiger partial charge is 0.477 e. The van der Waals surface area contributed by atoms with Gasteiger partial charge in [0, 0.05) is 54.5 Å². The number of rotatable bonds is 18. The van der Waals surface area contributed by atoms with Crippen LogP contribution in [0.5, 0.6) is 0 Å². The molecule has 35 heteroatoms. The van der Waals surface area contributed by atoms with E-state index in [2.05, 4.69) is 56.2 Å². The highest BCUT2D eigenvalue weighted by atomic mass is 35.5. The Bertz CT molecular complexity index is 3740. The van der Waals surface area contributed by atoms with Gasteiger partial charge in [-0.2, -0.15) is 0 Å². The van der Waals surface area contributed by atoms with E-state index >= 15 is 0 Å². The molecule has 8 aromatic rings. The number of carboxylic acids is 2. The highest BCUT2D eigenvalue weighted by Crippen LogP contribution is 2.35. The molecule has 2 unspecified atom stereocenters. The fourth-order valence-corrected chi connectivity index (χ4v) is 12.1. The average Bonchev–Trinajstić information content (AvgIpc) is 3.59. The minimum atomic E-state index is -1.65. The van der Waals surface area contributed by atoms with Gasteiger partial charge < -0.3 is 77.8 Å². The van der Waals surface area contributed by atoms with Crippen molar-refractivity contribution in [3.05, 3.63) is 119 Å². The molecular weight excluding hydrogens is 1240 g/mol. The van der Waals surface area contributed by atoms with Crippen LogP contribution in [-0.4, -0.2) is 144 Å². The zero-order chi connectivity index (χ0) is 59.6. The molecule has 8 aromatic heterocycles. The number of amides is 4. The summed E-state index contributed by atoms with van der Waals surface area (Å²) in [6.07, 6.45) is 3.42. The minimum absolute atomic E-state index is 0. The first-order valence-corrected chi connectivity index (χ1v) is 29.1. The Labute approximate surface area is 504 Å². The fourth-order valence-electron chi connectivity index (χ4n) is 7.75. The number of β-amino-alcohol motifs (C(OH)–C–C–N with tert-alkyl or cyclic N) is 2. The van der Waals surface area contributed by atoms with Gasteiger partial charge in [-0.05, 0) is 58.6 Å². The van der Waals surface area contributed by atoms with E-state index in [1.165, 1.54) is 53.6 Å². The molecule has 0 saturated carbocycles. The molecule has 0 radical (unpaired) electrons. The van der Waals surface area contributed by atoms with Crippen LogP contribution in [-0.2, 0) is 19.1 Å². The second kappa shape index (κ2) is 27.6. The van der Waals surface area contributed by atoms with Crippen molar-refractivity contribution in [1.82, 2.24) is 24.9 Å². The first kappa shape index (κ1) is 62.9. The van der Waals surface area contributed by atoms with Crippen molar-refractivity contribution in [2.75, 3.05) is 76.8 Å². The molecule has 4 amide bonds. The molecule has 84 heavy (non-hydrogen) atoms. The lowest BCUT2D eigenvalue weighted by atomic mass is 10.0. The normalized spacial score (nSPS) is 15.9. The predicted octanol–water partition coefficient (Wildman–Crippen LogP) is 6.38. The molecule has 2 fully saturated rings. The van der Waals surface area contributed by atoms with E-state index in [4.69, 9.17) is 21.3 Å². The topological polar surface area (TPSA) is 419 Å². The van der Waals surface area contributed by atoms with Gasteiger partial charge in [0.05, 0.1) is 55.7 Å². The van der Waals surface area contributed by atoms with Crippen molar-refractivity contribution < 1.29 is 68.3 Å². The number of primary amides is 2. The van der Waals surface area contributed by atoms with Gasteiger partial charge in [-0.25, -0.2) is 44.1 Å². The lowest BCUT2D eigenvalue weighted by Gasteiger charge is -2.22. The van der Waals surface area contributed by atoms with Gasteiger partial charge in [0.2, 0.25) is 0 Å². The summed E-state index contributed by atoms with van der Waals surface area (Å²) < 4.78 is 9.40. The number of methoxy groups -OCH3 is 2. The van der Waals surface area contributed by atoms with Crippen LogP contribution in [0.2, 0.25) is 0 Å². The Morgan fingerprint density at radius 1 is 0.536 bits per heavy atom. The number of thiazole rings is 3. The molecule has 0 aliphatic carbocycles. The molecule has 10 rings (SSSR count). The van der Waals surface area contributed by atoms with Crippen LogP contribution in [0, 0.1) is 0 Å². The lowest BCUT2D eigenvalue weighted by molar-refractivity contribution is -0.134. The Morgan fingerprint density at radius 2 is 0.905 bits per heavy atom. The number of anilines is 10. The molecule has 2 aliphatic rings. The summed E-state index contributed by atoms with van der Waals surface area (Å²) in [4.78, 5) is 119. The average molecular weight is 1280 g/mol. The first-order valence-electron chi connectivity index (χ1n) is 23.8. The molecular formula is C49H47ClN14O14S6. The molecule has 10 heterocycles. The molecule has 2 aliphatic heterocycles. The SMILES string of the molecule is COC(=O)c1sccc1Nc1nc(C(=O)Nc2cccnc2N2CCC(O)(C(N)=O)C2)cs1.COC(=O)c1sccc1Nc1nc(C(=O)O)cs1.Cl.NC(=O)C1(O)CCN(c2ncccc2NC(=O)c2csc(Nc3ccsc3C(=O)O)n2)C1. The maximum absolute atomic E-state index is 12.8. The highest BCUT2D eigenvalue weighted by molar-refractivity contribution is 7.15. The molecule has 0 aromatic carbocycles. The molecule has 28 nitrogen and oxygen atoms in total. The highest BCUT2D eigenvalue weighted by Gasteiger charge is 2.43. The van der Waals surface area contributed by atoms with E-state index in [-0.39, 0.29) is 60.3 Å². The van der Waals surface area contributed by atoms with Crippen molar-refractivity contribution in [2.24, 2.45) is 11.5 Å². The number of nitrogens with zero attached hydrogens (tertiary/aromatic N) is 7. The Morgan fingerprint density at radius 3 is 1.25 bits per heavy atom. The number of nitrogens with two attached hydrogens (primary N) is 2. The van der Waals surface area contributed by atoms with Gasteiger partial charge in [-0.3, -0.25) is 19.2 Å². The van der Waals surface area contributed by atoms with Gasteiger partial charge >= 0.3 is 23.9 Å². The number of pyridine rings is 2. The Balaban J connectivity index is 0.000000188. The lowest BCUT2D eigenvalue weighted by Crippen LogP contribution is -2.46.